The Morgan fingerprint density at radius 2 is 2.03 bits per heavy atom. The van der Waals surface area contributed by atoms with Crippen molar-refractivity contribution in [2.24, 2.45) is 0 Å². The first-order chi connectivity index (χ1) is 15.4. The molecule has 1 aliphatic heterocycles. The zero-order valence-electron chi connectivity index (χ0n) is 18.7. The van der Waals surface area contributed by atoms with Crippen LogP contribution in [-0.4, -0.2) is 72.9 Å². The molecule has 0 aliphatic carbocycles. The Bertz CT molecular complexity index is 819. The van der Waals surface area contributed by atoms with Gasteiger partial charge >= 0.3 is 5.97 Å². The van der Waals surface area contributed by atoms with Crippen molar-refractivity contribution in [2.75, 3.05) is 32.9 Å². The summed E-state index contributed by atoms with van der Waals surface area (Å²) < 4.78 is 16.2. The van der Waals surface area contributed by atoms with Gasteiger partial charge in [0.15, 0.2) is 5.11 Å². The zero-order chi connectivity index (χ0) is 23.5. The number of para-hydroxylation sites is 1. The predicted molar refractivity (Wildman–Crippen MR) is 122 cm³/mol. The molecule has 0 saturated carbocycles. The number of ether oxygens (including phenoxy) is 3. The van der Waals surface area contributed by atoms with Crippen LogP contribution in [0.25, 0.3) is 0 Å². The van der Waals surface area contributed by atoms with Crippen molar-refractivity contribution in [1.29, 1.82) is 0 Å². The lowest BCUT2D eigenvalue weighted by Crippen LogP contribution is -2.60. The number of benzene rings is 1. The minimum Gasteiger partial charge on any atom is -0.490 e. The predicted octanol–water partition coefficient (Wildman–Crippen LogP) is 1.65. The van der Waals surface area contributed by atoms with Gasteiger partial charge in [-0.15, -0.1) is 0 Å². The topological polar surface area (TPSA) is 106 Å². The molecular weight excluding hydrogens is 434 g/mol. The summed E-state index contributed by atoms with van der Waals surface area (Å²) in [6, 6.07) is 5.93. The van der Waals surface area contributed by atoms with E-state index in [-0.39, 0.29) is 23.5 Å². The van der Waals surface area contributed by atoms with Crippen LogP contribution in [0.15, 0.2) is 24.3 Å². The van der Waals surface area contributed by atoms with E-state index in [1.807, 2.05) is 13.8 Å². The molecule has 10 heteroatoms. The molecule has 2 rings (SSSR count). The molecule has 1 aliphatic rings. The number of nitrogens with zero attached hydrogens (tertiary/aromatic N) is 1. The first-order valence-electron chi connectivity index (χ1n) is 10.8. The number of carbonyl (C=O) groups is 3. The molecule has 2 unspecified atom stereocenters. The average Bonchev–Trinajstić information content (AvgIpc) is 2.78. The van der Waals surface area contributed by atoms with E-state index < -0.39 is 17.9 Å². The van der Waals surface area contributed by atoms with Crippen LogP contribution in [0.2, 0.25) is 0 Å². The smallest absolute Gasteiger partial charge is 0.308 e. The maximum atomic E-state index is 12.9. The van der Waals surface area contributed by atoms with Gasteiger partial charge in [0.2, 0.25) is 5.91 Å². The van der Waals surface area contributed by atoms with E-state index >= 15 is 0 Å². The Balaban J connectivity index is 2.05. The van der Waals surface area contributed by atoms with E-state index in [1.165, 1.54) is 0 Å². The third-order valence-corrected chi connectivity index (χ3v) is 5.24. The number of rotatable bonds is 10. The molecule has 0 spiro atoms. The molecule has 1 saturated heterocycles. The fraction of sp³-hybridized carbons (Fsp3) is 0.545. The van der Waals surface area contributed by atoms with Gasteiger partial charge < -0.3 is 24.4 Å². The lowest BCUT2D eigenvalue weighted by Gasteiger charge is -2.36. The Morgan fingerprint density at radius 1 is 1.28 bits per heavy atom. The van der Waals surface area contributed by atoms with E-state index in [1.54, 1.807) is 36.1 Å². The monoisotopic (exact) mass is 465 g/mol. The summed E-state index contributed by atoms with van der Waals surface area (Å²) in [5.41, 5.74) is 0.306. The van der Waals surface area contributed by atoms with Crippen molar-refractivity contribution in [3.63, 3.8) is 0 Å². The fourth-order valence-electron chi connectivity index (χ4n) is 3.05. The van der Waals surface area contributed by atoms with Crippen LogP contribution in [0.5, 0.6) is 5.75 Å². The molecule has 1 fully saturated rings. The number of carbonyl (C=O) groups excluding carboxylic acids is 3. The normalized spacial score (nSPS) is 16.7. The molecule has 2 atom stereocenters. The lowest BCUT2D eigenvalue weighted by atomic mass is 10.1. The Hall–Kier alpha value is -2.72. The van der Waals surface area contributed by atoms with E-state index in [4.69, 9.17) is 26.4 Å². The van der Waals surface area contributed by atoms with Crippen LogP contribution in [-0.2, 0) is 19.1 Å². The summed E-state index contributed by atoms with van der Waals surface area (Å²) in [4.78, 5) is 39.1. The minimum absolute atomic E-state index is 0.0651. The molecule has 0 bridgehead atoms. The van der Waals surface area contributed by atoms with Crippen molar-refractivity contribution in [1.82, 2.24) is 15.5 Å². The van der Waals surface area contributed by atoms with Crippen LogP contribution >= 0.6 is 12.2 Å². The fourth-order valence-corrected chi connectivity index (χ4v) is 3.36. The highest BCUT2D eigenvalue weighted by molar-refractivity contribution is 7.80. The molecule has 1 aromatic carbocycles. The van der Waals surface area contributed by atoms with Crippen LogP contribution in [0.1, 0.15) is 44.0 Å². The summed E-state index contributed by atoms with van der Waals surface area (Å²) >= 11 is 5.41. The van der Waals surface area contributed by atoms with Crippen molar-refractivity contribution >= 4 is 35.1 Å². The third kappa shape index (κ3) is 7.45. The van der Waals surface area contributed by atoms with Gasteiger partial charge in [-0.25, -0.2) is 0 Å². The molecule has 1 aromatic rings. The van der Waals surface area contributed by atoms with Crippen LogP contribution in [0, 0.1) is 0 Å². The van der Waals surface area contributed by atoms with Crippen molar-refractivity contribution < 1.29 is 28.6 Å². The van der Waals surface area contributed by atoms with E-state index in [0.717, 1.165) is 0 Å². The number of esters is 1. The highest BCUT2D eigenvalue weighted by Gasteiger charge is 2.34. The second-order valence-corrected chi connectivity index (χ2v) is 7.60. The average molecular weight is 466 g/mol. The Labute approximate surface area is 193 Å². The second-order valence-electron chi connectivity index (χ2n) is 7.21. The summed E-state index contributed by atoms with van der Waals surface area (Å²) in [6.45, 7) is 7.57. The summed E-state index contributed by atoms with van der Waals surface area (Å²) in [7, 11) is 0. The second kappa shape index (κ2) is 13.0. The van der Waals surface area contributed by atoms with Crippen molar-refractivity contribution in [3.8, 4) is 5.75 Å². The molecular formula is C22H31N3O6S. The maximum Gasteiger partial charge on any atom is 0.308 e. The molecule has 2 amide bonds. The summed E-state index contributed by atoms with van der Waals surface area (Å²) in [5.74, 6) is -0.895. The van der Waals surface area contributed by atoms with E-state index in [0.29, 0.717) is 50.6 Å². The molecule has 0 radical (unpaired) electrons. The molecule has 32 heavy (non-hydrogen) atoms. The quantitative estimate of drug-likeness (QED) is 0.305. The van der Waals surface area contributed by atoms with Gasteiger partial charge in [0.05, 0.1) is 24.7 Å². The number of hydrogen-bond acceptors (Lipinski definition) is 7. The van der Waals surface area contributed by atoms with Crippen LogP contribution in [0.4, 0.5) is 0 Å². The lowest BCUT2D eigenvalue weighted by molar-refractivity contribution is -0.151. The zero-order valence-corrected chi connectivity index (χ0v) is 19.5. The maximum absolute atomic E-state index is 12.9. The number of thiocarbonyl (C=S) groups is 1. The van der Waals surface area contributed by atoms with Gasteiger partial charge in [0.1, 0.15) is 18.4 Å². The standard InChI is InChI=1S/C22H31N3O6S/c1-4-15(3)31-19(26)14-17-21(28)23-10-11-25(17)22(32)24-20(27)16-8-6-7-9-18(16)30-13-12-29-5-2/h6-9,15,17H,4-5,10-14H2,1-3H3,(H,23,28)(H,24,27,32). The Morgan fingerprint density at radius 3 is 2.75 bits per heavy atom. The highest BCUT2D eigenvalue weighted by Crippen LogP contribution is 2.18. The number of hydrogen-bond donors (Lipinski definition) is 2. The van der Waals surface area contributed by atoms with Gasteiger partial charge in [0, 0.05) is 19.7 Å². The molecule has 0 aromatic heterocycles. The Kier molecular flexibility index (Phi) is 10.4. The first kappa shape index (κ1) is 25.5. The molecule has 1 heterocycles. The van der Waals surface area contributed by atoms with Crippen molar-refractivity contribution in [2.45, 2.75) is 45.8 Å². The molecule has 2 N–H and O–H groups in total. The third-order valence-electron chi connectivity index (χ3n) is 4.90. The highest BCUT2D eigenvalue weighted by atomic mass is 32.1. The van der Waals surface area contributed by atoms with Crippen molar-refractivity contribution in [3.05, 3.63) is 29.8 Å². The summed E-state index contributed by atoms with van der Waals surface area (Å²) in [5, 5.41) is 5.45. The number of nitrogens with one attached hydrogen (secondary N) is 2. The SMILES string of the molecule is CCOCCOc1ccccc1C(=O)NC(=S)N1CCNC(=O)C1CC(=O)OC(C)CC. The molecule has 176 valence electrons. The van der Waals surface area contributed by atoms with Gasteiger partial charge in [-0.1, -0.05) is 19.1 Å². The van der Waals surface area contributed by atoms with Gasteiger partial charge in [0.25, 0.3) is 5.91 Å². The van der Waals surface area contributed by atoms with Crippen LogP contribution < -0.4 is 15.4 Å². The van der Waals surface area contributed by atoms with Crippen LogP contribution in [0.3, 0.4) is 0 Å². The van der Waals surface area contributed by atoms with E-state index in [2.05, 4.69) is 10.6 Å². The largest absolute Gasteiger partial charge is 0.490 e. The number of amides is 2. The first-order valence-corrected chi connectivity index (χ1v) is 11.2. The van der Waals surface area contributed by atoms with Gasteiger partial charge in [-0.2, -0.15) is 0 Å². The van der Waals surface area contributed by atoms with Gasteiger partial charge in [-0.05, 0) is 44.6 Å². The minimum atomic E-state index is -0.856. The molecule has 9 nitrogen and oxygen atoms in total. The van der Waals surface area contributed by atoms with Gasteiger partial charge in [-0.3, -0.25) is 19.7 Å². The summed E-state index contributed by atoms with van der Waals surface area (Å²) in [6.07, 6.45) is 0.268. The number of piperazine rings is 1. The van der Waals surface area contributed by atoms with E-state index in [9.17, 15) is 14.4 Å².